The van der Waals surface area contributed by atoms with E-state index in [-0.39, 0.29) is 22.6 Å². The lowest BCUT2D eigenvalue weighted by Gasteiger charge is -2.22. The first-order valence-corrected chi connectivity index (χ1v) is 7.75. The van der Waals surface area contributed by atoms with E-state index in [1.54, 1.807) is 17.0 Å². The molecule has 1 amide bonds. The van der Waals surface area contributed by atoms with Gasteiger partial charge in [-0.3, -0.25) is 4.79 Å². The van der Waals surface area contributed by atoms with Gasteiger partial charge in [0.1, 0.15) is 10.7 Å². The van der Waals surface area contributed by atoms with Gasteiger partial charge < -0.3 is 10.0 Å². The van der Waals surface area contributed by atoms with Crippen molar-refractivity contribution < 1.29 is 19.1 Å². The Kier molecular flexibility index (Phi) is 3.94. The molecule has 1 aromatic carbocycles. The summed E-state index contributed by atoms with van der Waals surface area (Å²) in [5.41, 5.74) is 0.732. The van der Waals surface area contributed by atoms with Crippen molar-refractivity contribution in [1.29, 1.82) is 0 Å². The first-order chi connectivity index (χ1) is 10.5. The summed E-state index contributed by atoms with van der Waals surface area (Å²) < 4.78 is 13.3. The maximum absolute atomic E-state index is 13.3. The molecule has 0 atom stereocenters. The molecule has 1 saturated carbocycles. The molecule has 6 heteroatoms. The van der Waals surface area contributed by atoms with Gasteiger partial charge in [0.25, 0.3) is 5.91 Å². The molecule has 1 aromatic heterocycles. The summed E-state index contributed by atoms with van der Waals surface area (Å²) in [6.45, 7) is 0.335. The fourth-order valence-electron chi connectivity index (χ4n) is 2.29. The van der Waals surface area contributed by atoms with Gasteiger partial charge in [0.05, 0.1) is 4.88 Å². The van der Waals surface area contributed by atoms with Gasteiger partial charge in [-0.25, -0.2) is 9.18 Å². The van der Waals surface area contributed by atoms with Crippen LogP contribution in [0.25, 0.3) is 0 Å². The maximum atomic E-state index is 13.3. The summed E-state index contributed by atoms with van der Waals surface area (Å²) in [6.07, 6.45) is 1.86. The lowest BCUT2D eigenvalue weighted by atomic mass is 10.2. The fraction of sp³-hybridized carbons (Fsp3) is 0.250. The van der Waals surface area contributed by atoms with Gasteiger partial charge in [-0.2, -0.15) is 0 Å². The Labute approximate surface area is 130 Å². The second-order valence-electron chi connectivity index (χ2n) is 5.26. The second-order valence-corrected chi connectivity index (χ2v) is 6.35. The quantitative estimate of drug-likeness (QED) is 0.919. The molecule has 0 saturated heterocycles. The smallest absolute Gasteiger partial charge is 0.345 e. The van der Waals surface area contributed by atoms with Gasteiger partial charge in [-0.05, 0) is 42.7 Å². The molecule has 4 nitrogen and oxygen atoms in total. The SMILES string of the molecule is O=C(O)c1ccc(C(=O)N(Cc2cccc(F)c2)C2CC2)s1. The molecule has 1 aliphatic rings. The molecule has 2 aromatic rings. The van der Waals surface area contributed by atoms with Gasteiger partial charge in [0.15, 0.2) is 0 Å². The standard InChI is InChI=1S/C16H14FNO3S/c17-11-3-1-2-10(8-11)9-18(12-4-5-12)15(19)13-6-7-14(22-13)16(20)21/h1-3,6-8,12H,4-5,9H2,(H,20,21). The Morgan fingerprint density at radius 1 is 1.23 bits per heavy atom. The van der Waals surface area contributed by atoms with Crippen LogP contribution < -0.4 is 0 Å². The first kappa shape index (κ1) is 14.7. The number of carbonyl (C=O) groups is 2. The van der Waals surface area contributed by atoms with Crippen molar-refractivity contribution in [1.82, 2.24) is 4.90 Å². The summed E-state index contributed by atoms with van der Waals surface area (Å²) in [6, 6.07) is 9.32. The summed E-state index contributed by atoms with van der Waals surface area (Å²) in [4.78, 5) is 25.8. The third-order valence-corrected chi connectivity index (χ3v) is 4.58. The number of hydrogen-bond acceptors (Lipinski definition) is 3. The molecule has 1 N–H and O–H groups in total. The third-order valence-electron chi connectivity index (χ3n) is 3.52. The van der Waals surface area contributed by atoms with Gasteiger partial charge >= 0.3 is 5.97 Å². The van der Waals surface area contributed by atoms with Crippen molar-refractivity contribution in [3.8, 4) is 0 Å². The largest absolute Gasteiger partial charge is 0.477 e. The monoisotopic (exact) mass is 319 g/mol. The molecule has 3 rings (SSSR count). The van der Waals surface area contributed by atoms with Crippen molar-refractivity contribution in [2.24, 2.45) is 0 Å². The van der Waals surface area contributed by atoms with Crippen LogP contribution in [0.4, 0.5) is 4.39 Å². The highest BCUT2D eigenvalue weighted by molar-refractivity contribution is 7.15. The van der Waals surface area contributed by atoms with Crippen LogP contribution in [0.1, 0.15) is 37.7 Å². The predicted molar refractivity (Wildman–Crippen MR) is 80.6 cm³/mol. The molecular weight excluding hydrogens is 305 g/mol. The number of halogens is 1. The fourth-order valence-corrected chi connectivity index (χ4v) is 3.10. The van der Waals surface area contributed by atoms with Crippen LogP contribution in [0, 0.1) is 5.82 Å². The number of thiophene rings is 1. The molecule has 114 valence electrons. The summed E-state index contributed by atoms with van der Waals surface area (Å²) >= 11 is 0.971. The van der Waals surface area contributed by atoms with E-state index in [2.05, 4.69) is 0 Å². The number of amides is 1. The van der Waals surface area contributed by atoms with E-state index in [4.69, 9.17) is 5.11 Å². The molecular formula is C16H14FNO3S. The average molecular weight is 319 g/mol. The number of carboxylic acids is 1. The van der Waals surface area contributed by atoms with E-state index in [0.717, 1.165) is 29.7 Å². The van der Waals surface area contributed by atoms with E-state index in [1.165, 1.54) is 24.3 Å². The minimum Gasteiger partial charge on any atom is -0.477 e. The van der Waals surface area contributed by atoms with Crippen LogP contribution >= 0.6 is 11.3 Å². The normalized spacial score (nSPS) is 13.9. The van der Waals surface area contributed by atoms with Crippen LogP contribution in [0.15, 0.2) is 36.4 Å². The molecule has 0 aliphatic heterocycles. The zero-order valence-corrected chi connectivity index (χ0v) is 12.5. The zero-order valence-electron chi connectivity index (χ0n) is 11.7. The van der Waals surface area contributed by atoms with Gasteiger partial charge in [-0.1, -0.05) is 12.1 Å². The van der Waals surface area contributed by atoms with Crippen molar-refractivity contribution in [3.63, 3.8) is 0 Å². The third kappa shape index (κ3) is 3.17. The highest BCUT2D eigenvalue weighted by Gasteiger charge is 2.33. The minimum absolute atomic E-state index is 0.143. The number of hydrogen-bond donors (Lipinski definition) is 1. The molecule has 22 heavy (non-hydrogen) atoms. The van der Waals surface area contributed by atoms with Gasteiger partial charge in [-0.15, -0.1) is 11.3 Å². The second kappa shape index (κ2) is 5.88. The van der Waals surface area contributed by atoms with Gasteiger partial charge in [0, 0.05) is 12.6 Å². The molecule has 0 spiro atoms. The van der Waals surface area contributed by atoms with Crippen LogP contribution in [-0.2, 0) is 6.54 Å². The van der Waals surface area contributed by atoms with Crippen LogP contribution in [0.3, 0.4) is 0 Å². The van der Waals surface area contributed by atoms with Crippen LogP contribution in [0.5, 0.6) is 0 Å². The lowest BCUT2D eigenvalue weighted by molar-refractivity contribution is 0.0700. The Bertz CT molecular complexity index is 724. The van der Waals surface area contributed by atoms with Crippen molar-refractivity contribution in [3.05, 3.63) is 57.5 Å². The topological polar surface area (TPSA) is 57.6 Å². The van der Waals surface area contributed by atoms with Crippen molar-refractivity contribution in [2.45, 2.75) is 25.4 Å². The van der Waals surface area contributed by atoms with E-state index < -0.39 is 5.97 Å². The Balaban J connectivity index is 1.81. The Morgan fingerprint density at radius 3 is 2.55 bits per heavy atom. The van der Waals surface area contributed by atoms with Crippen molar-refractivity contribution in [2.75, 3.05) is 0 Å². The molecule has 1 fully saturated rings. The van der Waals surface area contributed by atoms with Gasteiger partial charge in [0.2, 0.25) is 0 Å². The Hall–Kier alpha value is -2.21. The van der Waals surface area contributed by atoms with Crippen LogP contribution in [0.2, 0.25) is 0 Å². The average Bonchev–Trinajstić information content (AvgIpc) is 3.19. The summed E-state index contributed by atoms with van der Waals surface area (Å²) in [7, 11) is 0. The maximum Gasteiger partial charge on any atom is 0.345 e. The molecule has 0 bridgehead atoms. The summed E-state index contributed by atoms with van der Waals surface area (Å²) in [5.74, 6) is -1.55. The number of carbonyl (C=O) groups excluding carboxylic acids is 1. The van der Waals surface area contributed by atoms with E-state index in [0.29, 0.717) is 11.4 Å². The van der Waals surface area contributed by atoms with E-state index >= 15 is 0 Å². The van der Waals surface area contributed by atoms with Crippen molar-refractivity contribution >= 4 is 23.2 Å². The molecule has 0 unspecified atom stereocenters. The lowest BCUT2D eigenvalue weighted by Crippen LogP contribution is -2.32. The molecule has 0 radical (unpaired) electrons. The number of benzene rings is 1. The van der Waals surface area contributed by atoms with E-state index in [1.807, 2.05) is 0 Å². The van der Waals surface area contributed by atoms with E-state index in [9.17, 15) is 14.0 Å². The zero-order chi connectivity index (χ0) is 15.7. The predicted octanol–water partition coefficient (Wildman–Crippen LogP) is 3.39. The minimum atomic E-state index is -1.04. The Morgan fingerprint density at radius 2 is 1.95 bits per heavy atom. The first-order valence-electron chi connectivity index (χ1n) is 6.93. The summed E-state index contributed by atoms with van der Waals surface area (Å²) in [5, 5.41) is 8.95. The molecule has 1 heterocycles. The highest BCUT2D eigenvalue weighted by Crippen LogP contribution is 2.31. The number of carboxylic acid groups (broad SMARTS) is 1. The highest BCUT2D eigenvalue weighted by atomic mass is 32.1. The number of aromatic carboxylic acids is 1. The number of nitrogens with zero attached hydrogens (tertiary/aromatic N) is 1. The molecule has 1 aliphatic carbocycles. The van der Waals surface area contributed by atoms with Crippen LogP contribution in [-0.4, -0.2) is 27.9 Å². The number of rotatable bonds is 5.